The predicted molar refractivity (Wildman–Crippen MR) is 75.6 cm³/mol. The van der Waals surface area contributed by atoms with Crippen molar-refractivity contribution in [1.29, 1.82) is 0 Å². The van der Waals surface area contributed by atoms with Crippen LogP contribution in [0.4, 0.5) is 0 Å². The number of halogens is 1. The molecule has 0 saturated carbocycles. The third-order valence-electron chi connectivity index (χ3n) is 3.80. The van der Waals surface area contributed by atoms with Gasteiger partial charge in [0.05, 0.1) is 5.41 Å². The van der Waals surface area contributed by atoms with Crippen molar-refractivity contribution in [2.75, 3.05) is 13.1 Å². The van der Waals surface area contributed by atoms with E-state index in [1.165, 1.54) is 0 Å². The number of nitrogens with two attached hydrogens (primary N) is 1. The lowest BCUT2D eigenvalue weighted by Crippen LogP contribution is -2.31. The number of carbonyl (C=O) groups is 2. The first-order valence-corrected chi connectivity index (χ1v) is 6.73. The van der Waals surface area contributed by atoms with Gasteiger partial charge in [-0.05, 0) is 37.6 Å². The normalized spacial score (nSPS) is 22.9. The summed E-state index contributed by atoms with van der Waals surface area (Å²) in [6, 6.07) is 4.94. The molecule has 1 aliphatic rings. The quantitative estimate of drug-likeness (QED) is 0.886. The number of carboxylic acids is 1. The third kappa shape index (κ3) is 2.94. The summed E-state index contributed by atoms with van der Waals surface area (Å²) in [5.74, 6) is -1.28. The van der Waals surface area contributed by atoms with Gasteiger partial charge in [-0.3, -0.25) is 14.5 Å². The molecule has 6 heteroatoms. The van der Waals surface area contributed by atoms with Gasteiger partial charge < -0.3 is 10.8 Å². The molecule has 0 spiro atoms. The number of nitrogens with zero attached hydrogens (tertiary/aromatic N) is 1. The largest absolute Gasteiger partial charge is 0.481 e. The van der Waals surface area contributed by atoms with E-state index in [-0.39, 0.29) is 0 Å². The van der Waals surface area contributed by atoms with E-state index in [2.05, 4.69) is 4.90 Å². The minimum Gasteiger partial charge on any atom is -0.481 e. The van der Waals surface area contributed by atoms with Gasteiger partial charge in [0.25, 0.3) is 0 Å². The summed E-state index contributed by atoms with van der Waals surface area (Å²) in [5.41, 5.74) is 5.73. The summed E-state index contributed by atoms with van der Waals surface area (Å²) in [6.07, 6.45) is 0.624. The van der Waals surface area contributed by atoms with Crippen LogP contribution >= 0.6 is 11.6 Å². The van der Waals surface area contributed by atoms with Crippen molar-refractivity contribution < 1.29 is 14.7 Å². The molecule has 1 atom stereocenters. The standard InChI is InChI=1S/C14H17ClN2O3/c1-14(13(19)20)4-5-17(8-14)7-10-3-2-9(12(16)18)6-11(10)15/h2-3,6H,4-5,7-8H2,1H3,(H2,16,18)(H,19,20). The van der Waals surface area contributed by atoms with Crippen LogP contribution in [-0.4, -0.2) is 35.0 Å². The second-order valence-corrected chi connectivity index (χ2v) is 5.90. The van der Waals surface area contributed by atoms with Crippen LogP contribution < -0.4 is 5.73 Å². The van der Waals surface area contributed by atoms with E-state index < -0.39 is 17.3 Å². The summed E-state index contributed by atoms with van der Waals surface area (Å²) in [5, 5.41) is 9.68. The van der Waals surface area contributed by atoms with Gasteiger partial charge in [0.1, 0.15) is 0 Å². The number of hydrogen-bond donors (Lipinski definition) is 2. The van der Waals surface area contributed by atoms with E-state index in [4.69, 9.17) is 17.3 Å². The average Bonchev–Trinajstić information content (AvgIpc) is 2.75. The molecule has 1 aliphatic heterocycles. The van der Waals surface area contributed by atoms with Crippen LogP contribution in [0.1, 0.15) is 29.3 Å². The number of amides is 1. The van der Waals surface area contributed by atoms with Crippen molar-refractivity contribution in [2.45, 2.75) is 19.9 Å². The topological polar surface area (TPSA) is 83.6 Å². The Labute approximate surface area is 122 Å². The Morgan fingerprint density at radius 3 is 2.70 bits per heavy atom. The Morgan fingerprint density at radius 2 is 2.20 bits per heavy atom. The highest BCUT2D eigenvalue weighted by Gasteiger charge is 2.40. The highest BCUT2D eigenvalue weighted by Crippen LogP contribution is 2.32. The summed E-state index contributed by atoms with van der Waals surface area (Å²) in [4.78, 5) is 24.3. The molecular weight excluding hydrogens is 280 g/mol. The van der Waals surface area contributed by atoms with E-state index in [1.807, 2.05) is 0 Å². The maximum Gasteiger partial charge on any atom is 0.310 e. The fourth-order valence-corrected chi connectivity index (χ4v) is 2.68. The van der Waals surface area contributed by atoms with Gasteiger partial charge in [-0.2, -0.15) is 0 Å². The van der Waals surface area contributed by atoms with Gasteiger partial charge in [-0.15, -0.1) is 0 Å². The number of aliphatic carboxylic acids is 1. The molecular formula is C14H17ClN2O3. The number of benzene rings is 1. The first-order chi connectivity index (χ1) is 9.32. The molecule has 5 nitrogen and oxygen atoms in total. The smallest absolute Gasteiger partial charge is 0.310 e. The summed E-state index contributed by atoms with van der Waals surface area (Å²) in [7, 11) is 0. The van der Waals surface area contributed by atoms with Gasteiger partial charge in [-0.1, -0.05) is 17.7 Å². The van der Waals surface area contributed by atoms with Gasteiger partial charge in [0.15, 0.2) is 0 Å². The highest BCUT2D eigenvalue weighted by atomic mass is 35.5. The van der Waals surface area contributed by atoms with E-state index >= 15 is 0 Å². The lowest BCUT2D eigenvalue weighted by atomic mass is 9.90. The first-order valence-electron chi connectivity index (χ1n) is 6.36. The number of rotatable bonds is 4. The van der Waals surface area contributed by atoms with E-state index in [0.717, 1.165) is 12.1 Å². The summed E-state index contributed by atoms with van der Waals surface area (Å²) < 4.78 is 0. The fraction of sp³-hybridized carbons (Fsp3) is 0.429. The zero-order valence-corrected chi connectivity index (χ0v) is 12.0. The monoisotopic (exact) mass is 296 g/mol. The van der Waals surface area contributed by atoms with Gasteiger partial charge in [0.2, 0.25) is 5.91 Å². The second-order valence-electron chi connectivity index (χ2n) is 5.50. The molecule has 0 radical (unpaired) electrons. The number of likely N-dealkylation sites (tertiary alicyclic amines) is 1. The van der Waals surface area contributed by atoms with Gasteiger partial charge in [-0.25, -0.2) is 0 Å². The maximum atomic E-state index is 11.2. The second kappa shape index (κ2) is 5.42. The lowest BCUT2D eigenvalue weighted by Gasteiger charge is -2.20. The predicted octanol–water partition coefficient (Wildman–Crippen LogP) is 1.74. The molecule has 3 N–H and O–H groups in total. The average molecular weight is 297 g/mol. The Hall–Kier alpha value is -1.59. The van der Waals surface area contributed by atoms with Crippen LogP contribution in [0.25, 0.3) is 0 Å². The van der Waals surface area contributed by atoms with E-state index in [0.29, 0.717) is 30.1 Å². The molecule has 1 amide bonds. The minimum atomic E-state index is -0.768. The molecule has 1 unspecified atom stereocenters. The zero-order valence-electron chi connectivity index (χ0n) is 11.2. The van der Waals surface area contributed by atoms with Crippen molar-refractivity contribution in [1.82, 2.24) is 4.90 Å². The van der Waals surface area contributed by atoms with Gasteiger partial charge in [0, 0.05) is 23.7 Å². The molecule has 1 saturated heterocycles. The van der Waals surface area contributed by atoms with Crippen LogP contribution in [-0.2, 0) is 11.3 Å². The minimum absolute atomic E-state index is 0.371. The van der Waals surface area contributed by atoms with Crippen molar-refractivity contribution in [3.05, 3.63) is 34.3 Å². The molecule has 1 aromatic rings. The highest BCUT2D eigenvalue weighted by molar-refractivity contribution is 6.31. The summed E-state index contributed by atoms with van der Waals surface area (Å²) in [6.45, 7) is 3.54. The van der Waals surface area contributed by atoms with Crippen LogP contribution in [0.3, 0.4) is 0 Å². The SMILES string of the molecule is CC1(C(=O)O)CCN(Cc2ccc(C(N)=O)cc2Cl)C1. The van der Waals surface area contributed by atoms with Crippen LogP contribution in [0.5, 0.6) is 0 Å². The Bertz CT molecular complexity index is 561. The van der Waals surface area contributed by atoms with Crippen molar-refractivity contribution in [3.8, 4) is 0 Å². The van der Waals surface area contributed by atoms with Crippen molar-refractivity contribution >= 4 is 23.5 Å². The molecule has 20 heavy (non-hydrogen) atoms. The number of hydrogen-bond acceptors (Lipinski definition) is 3. The first kappa shape index (κ1) is 14.8. The molecule has 0 aliphatic carbocycles. The Kier molecular flexibility index (Phi) is 4.01. The maximum absolute atomic E-state index is 11.2. The molecule has 0 aromatic heterocycles. The van der Waals surface area contributed by atoms with E-state index in [9.17, 15) is 14.7 Å². The fourth-order valence-electron chi connectivity index (χ4n) is 2.44. The van der Waals surface area contributed by atoms with Crippen molar-refractivity contribution in [2.24, 2.45) is 11.1 Å². The van der Waals surface area contributed by atoms with Crippen LogP contribution in [0.15, 0.2) is 18.2 Å². The van der Waals surface area contributed by atoms with Crippen LogP contribution in [0, 0.1) is 5.41 Å². The van der Waals surface area contributed by atoms with Crippen LogP contribution in [0.2, 0.25) is 5.02 Å². The number of carbonyl (C=O) groups excluding carboxylic acids is 1. The molecule has 1 aromatic carbocycles. The Morgan fingerprint density at radius 1 is 1.50 bits per heavy atom. The Balaban J connectivity index is 2.09. The molecule has 108 valence electrons. The molecule has 1 fully saturated rings. The zero-order chi connectivity index (χ0) is 14.9. The van der Waals surface area contributed by atoms with Gasteiger partial charge >= 0.3 is 5.97 Å². The molecule has 0 bridgehead atoms. The lowest BCUT2D eigenvalue weighted by molar-refractivity contribution is -0.147. The van der Waals surface area contributed by atoms with E-state index in [1.54, 1.807) is 25.1 Å². The third-order valence-corrected chi connectivity index (χ3v) is 4.15. The summed E-state index contributed by atoms with van der Waals surface area (Å²) >= 11 is 6.13. The number of carboxylic acid groups (broad SMARTS) is 1. The molecule has 1 heterocycles. The van der Waals surface area contributed by atoms with Crippen molar-refractivity contribution in [3.63, 3.8) is 0 Å². The molecule has 2 rings (SSSR count). The number of primary amides is 1.